The zero-order valence-electron chi connectivity index (χ0n) is 11.5. The minimum Gasteiger partial charge on any atom is -0.444 e. The number of rotatable bonds is 2. The molecule has 0 aliphatic heterocycles. The van der Waals surface area contributed by atoms with Crippen molar-refractivity contribution < 1.29 is 14.7 Å². The number of hydrogen-bond donors (Lipinski definition) is 3. The molecule has 0 bridgehead atoms. The molecule has 2 aliphatic carbocycles. The lowest BCUT2D eigenvalue weighted by Gasteiger charge is -2.28. The van der Waals surface area contributed by atoms with Gasteiger partial charge in [-0.1, -0.05) is 0 Å². The second-order valence-corrected chi connectivity index (χ2v) is 6.67. The van der Waals surface area contributed by atoms with E-state index in [0.717, 1.165) is 32.1 Å². The molecule has 5 heteroatoms. The third-order valence-electron chi connectivity index (χ3n) is 4.04. The Hall–Kier alpha value is -0.810. The van der Waals surface area contributed by atoms with Crippen LogP contribution in [0.5, 0.6) is 0 Å². The number of hydroxylamine groups is 1. The van der Waals surface area contributed by atoms with Gasteiger partial charge in [-0.25, -0.2) is 10.3 Å². The van der Waals surface area contributed by atoms with Crippen molar-refractivity contribution in [3.63, 3.8) is 0 Å². The highest BCUT2D eigenvalue weighted by molar-refractivity contribution is 5.68. The van der Waals surface area contributed by atoms with Gasteiger partial charge in [-0.2, -0.15) is 0 Å². The summed E-state index contributed by atoms with van der Waals surface area (Å²) in [6, 6.07) is 0.477. The average molecular weight is 256 g/mol. The molecule has 2 rings (SSSR count). The van der Waals surface area contributed by atoms with Crippen LogP contribution in [0.3, 0.4) is 0 Å². The molecule has 2 fully saturated rings. The van der Waals surface area contributed by atoms with Crippen molar-refractivity contribution in [1.29, 1.82) is 0 Å². The Morgan fingerprint density at radius 3 is 2.44 bits per heavy atom. The van der Waals surface area contributed by atoms with Gasteiger partial charge < -0.3 is 15.3 Å². The number of nitrogens with one attached hydrogen (secondary N) is 2. The van der Waals surface area contributed by atoms with Gasteiger partial charge in [0.1, 0.15) is 5.60 Å². The lowest BCUT2D eigenvalue weighted by Crippen LogP contribution is -2.38. The Morgan fingerprint density at radius 2 is 1.94 bits per heavy atom. The first-order valence-corrected chi connectivity index (χ1v) is 6.74. The molecule has 18 heavy (non-hydrogen) atoms. The first-order valence-electron chi connectivity index (χ1n) is 6.74. The standard InChI is InChI=1S/C13H24N2O3/c1-12(2,3)18-11(16)14-10-8-13(10)6-4-9(15-17)5-7-13/h9-10,15,17H,4-8H2,1-3H3,(H,14,16). The van der Waals surface area contributed by atoms with Crippen LogP contribution >= 0.6 is 0 Å². The van der Waals surface area contributed by atoms with Gasteiger partial charge in [0, 0.05) is 12.1 Å². The van der Waals surface area contributed by atoms with Crippen molar-refractivity contribution in [3.8, 4) is 0 Å². The largest absolute Gasteiger partial charge is 0.444 e. The van der Waals surface area contributed by atoms with Crippen LogP contribution < -0.4 is 10.8 Å². The minimum absolute atomic E-state index is 0.221. The predicted octanol–water partition coefficient (Wildman–Crippen LogP) is 2.19. The summed E-state index contributed by atoms with van der Waals surface area (Å²) >= 11 is 0. The molecule has 0 aromatic heterocycles. The van der Waals surface area contributed by atoms with Crippen LogP contribution in [0.1, 0.15) is 52.9 Å². The van der Waals surface area contributed by atoms with Crippen molar-refractivity contribution in [1.82, 2.24) is 10.8 Å². The average Bonchev–Trinajstić information content (AvgIpc) is 2.89. The number of amides is 1. The van der Waals surface area contributed by atoms with Crippen molar-refractivity contribution in [2.45, 2.75) is 70.6 Å². The SMILES string of the molecule is CC(C)(C)OC(=O)NC1CC12CCC(NO)CC2. The summed E-state index contributed by atoms with van der Waals surface area (Å²) in [7, 11) is 0. The number of carbonyl (C=O) groups excluding carboxylic acids is 1. The Kier molecular flexibility index (Phi) is 3.56. The molecule has 0 radical (unpaired) electrons. The van der Waals surface area contributed by atoms with Gasteiger partial charge in [-0.05, 0) is 58.3 Å². The molecule has 5 nitrogen and oxygen atoms in total. The maximum absolute atomic E-state index is 11.7. The van der Waals surface area contributed by atoms with Crippen molar-refractivity contribution in [3.05, 3.63) is 0 Å². The monoisotopic (exact) mass is 256 g/mol. The summed E-state index contributed by atoms with van der Waals surface area (Å²) in [6.07, 6.45) is 4.81. The number of ether oxygens (including phenoxy) is 1. The van der Waals surface area contributed by atoms with Crippen molar-refractivity contribution in [2.75, 3.05) is 0 Å². The Morgan fingerprint density at radius 1 is 1.33 bits per heavy atom. The summed E-state index contributed by atoms with van der Waals surface area (Å²) in [5.41, 5.74) is 2.17. The second kappa shape index (κ2) is 4.70. The molecule has 1 unspecified atom stereocenters. The van der Waals surface area contributed by atoms with E-state index in [1.165, 1.54) is 0 Å². The fourth-order valence-corrected chi connectivity index (χ4v) is 2.88. The minimum atomic E-state index is -0.440. The third-order valence-corrected chi connectivity index (χ3v) is 4.04. The fraction of sp³-hybridized carbons (Fsp3) is 0.923. The van der Waals surface area contributed by atoms with Crippen LogP contribution in [-0.4, -0.2) is 29.0 Å². The highest BCUT2D eigenvalue weighted by Crippen LogP contribution is 2.56. The smallest absolute Gasteiger partial charge is 0.407 e. The molecule has 0 heterocycles. The summed E-state index contributed by atoms with van der Waals surface area (Å²) < 4.78 is 5.26. The van der Waals surface area contributed by atoms with E-state index in [2.05, 4.69) is 10.8 Å². The van der Waals surface area contributed by atoms with E-state index in [1.54, 1.807) is 0 Å². The van der Waals surface area contributed by atoms with Gasteiger partial charge in [0.05, 0.1) is 0 Å². The molecule has 0 aromatic rings. The maximum Gasteiger partial charge on any atom is 0.407 e. The van der Waals surface area contributed by atoms with Gasteiger partial charge in [0.15, 0.2) is 0 Å². The van der Waals surface area contributed by atoms with Gasteiger partial charge in [-0.3, -0.25) is 0 Å². The molecule has 104 valence electrons. The van der Waals surface area contributed by atoms with Crippen molar-refractivity contribution in [2.24, 2.45) is 5.41 Å². The van der Waals surface area contributed by atoms with Gasteiger partial charge >= 0.3 is 6.09 Å². The molecule has 3 N–H and O–H groups in total. The summed E-state index contributed by atoms with van der Waals surface area (Å²) in [5.74, 6) is 0. The van der Waals surface area contributed by atoms with E-state index in [1.807, 2.05) is 20.8 Å². The Bertz CT molecular complexity index is 317. The predicted molar refractivity (Wildman–Crippen MR) is 67.4 cm³/mol. The first-order chi connectivity index (χ1) is 8.35. The molecular formula is C13H24N2O3. The number of carbonyl (C=O) groups is 1. The molecular weight excluding hydrogens is 232 g/mol. The highest BCUT2D eigenvalue weighted by atomic mass is 16.6. The van der Waals surface area contributed by atoms with Gasteiger partial charge in [-0.15, -0.1) is 0 Å². The molecule has 1 atom stereocenters. The molecule has 2 saturated carbocycles. The van der Waals surface area contributed by atoms with E-state index in [-0.39, 0.29) is 23.6 Å². The fourth-order valence-electron chi connectivity index (χ4n) is 2.88. The number of alkyl carbamates (subject to hydrolysis) is 1. The van der Waals surface area contributed by atoms with E-state index in [9.17, 15) is 4.79 Å². The molecule has 1 amide bonds. The summed E-state index contributed by atoms with van der Waals surface area (Å²) in [6.45, 7) is 5.61. The zero-order chi connectivity index (χ0) is 13.4. The van der Waals surface area contributed by atoms with Gasteiger partial charge in [0.25, 0.3) is 0 Å². The molecule has 1 spiro atoms. The number of hydrogen-bond acceptors (Lipinski definition) is 4. The quantitative estimate of drug-likeness (QED) is 0.662. The van der Waals surface area contributed by atoms with Crippen LogP contribution in [0.4, 0.5) is 4.79 Å². The Labute approximate surface area is 108 Å². The maximum atomic E-state index is 11.7. The van der Waals surface area contributed by atoms with Gasteiger partial charge in [0.2, 0.25) is 0 Å². The topological polar surface area (TPSA) is 70.6 Å². The second-order valence-electron chi connectivity index (χ2n) is 6.67. The van der Waals surface area contributed by atoms with E-state index in [0.29, 0.717) is 0 Å². The third kappa shape index (κ3) is 3.14. The Balaban J connectivity index is 1.76. The van der Waals surface area contributed by atoms with Crippen LogP contribution in [0.25, 0.3) is 0 Å². The van der Waals surface area contributed by atoms with E-state index in [4.69, 9.17) is 9.94 Å². The zero-order valence-corrected chi connectivity index (χ0v) is 11.5. The van der Waals surface area contributed by atoms with E-state index >= 15 is 0 Å². The highest BCUT2D eigenvalue weighted by Gasteiger charge is 2.55. The molecule has 0 saturated heterocycles. The normalized spacial score (nSPS) is 35.3. The first kappa shape index (κ1) is 13.6. The molecule has 2 aliphatic rings. The molecule has 0 aromatic carbocycles. The van der Waals surface area contributed by atoms with Crippen LogP contribution in [0, 0.1) is 5.41 Å². The summed E-state index contributed by atoms with van der Waals surface area (Å²) in [4.78, 5) is 11.7. The van der Waals surface area contributed by atoms with E-state index < -0.39 is 5.60 Å². The van der Waals surface area contributed by atoms with Crippen LogP contribution in [0.15, 0.2) is 0 Å². The van der Waals surface area contributed by atoms with Crippen molar-refractivity contribution >= 4 is 6.09 Å². The van der Waals surface area contributed by atoms with Crippen LogP contribution in [-0.2, 0) is 4.74 Å². The lowest BCUT2D eigenvalue weighted by molar-refractivity contribution is 0.0504. The lowest BCUT2D eigenvalue weighted by atomic mass is 9.83. The summed E-state index contributed by atoms with van der Waals surface area (Å²) in [5, 5.41) is 11.8. The van der Waals surface area contributed by atoms with Crippen LogP contribution in [0.2, 0.25) is 0 Å².